The van der Waals surface area contributed by atoms with Gasteiger partial charge in [0.1, 0.15) is 11.4 Å². The summed E-state index contributed by atoms with van der Waals surface area (Å²) in [5.41, 5.74) is 10.1. The Balaban J connectivity index is 1.06. The number of anilines is 3. The number of para-hydroxylation sites is 1. The molecule has 3 aliphatic carbocycles. The lowest BCUT2D eigenvalue weighted by molar-refractivity contribution is 0.155. The molecule has 270 valence electrons. The average molecular weight is 727 g/mol. The first-order valence-corrected chi connectivity index (χ1v) is 19.4. The second-order valence-corrected chi connectivity index (χ2v) is 15.1. The summed E-state index contributed by atoms with van der Waals surface area (Å²) >= 11 is 0. The summed E-state index contributed by atoms with van der Waals surface area (Å²) in [5, 5.41) is 1.02. The highest BCUT2D eigenvalue weighted by Gasteiger charge is 2.43. The third-order valence-electron chi connectivity index (χ3n) is 11.7. The molecule has 7 heteroatoms. The van der Waals surface area contributed by atoms with Crippen LogP contribution in [0.2, 0.25) is 0 Å². The molecule has 6 aromatic rings. The van der Waals surface area contributed by atoms with E-state index in [1.54, 1.807) is 0 Å². The van der Waals surface area contributed by atoms with Crippen molar-refractivity contribution in [1.82, 2.24) is 14.5 Å². The van der Waals surface area contributed by atoms with Crippen molar-refractivity contribution in [3.05, 3.63) is 186 Å². The molecule has 0 radical (unpaired) electrons. The summed E-state index contributed by atoms with van der Waals surface area (Å²) in [6.45, 7) is 2.15. The SMILES string of the molecule is CC12C=CC=CC1c1ccc(N(c3ccccc3)c3ncc4c5c(n(C6=NC7C=CC=CC7C(c7ccc(-c8ccccc8)cc7)=N6)c4n3)C=CCC5)cc1O2. The lowest BCUT2D eigenvalue weighted by atomic mass is 9.82. The van der Waals surface area contributed by atoms with Gasteiger partial charge in [-0.15, -0.1) is 0 Å². The summed E-state index contributed by atoms with van der Waals surface area (Å²) in [6.07, 6.45) is 25.4. The number of benzene rings is 4. The van der Waals surface area contributed by atoms with Crippen LogP contribution in [0.4, 0.5) is 17.3 Å². The molecule has 0 fully saturated rings. The fourth-order valence-electron chi connectivity index (χ4n) is 8.88. The summed E-state index contributed by atoms with van der Waals surface area (Å²) in [7, 11) is 0. The van der Waals surface area contributed by atoms with Gasteiger partial charge in [0.25, 0.3) is 0 Å². The zero-order valence-electron chi connectivity index (χ0n) is 30.9. The van der Waals surface area contributed by atoms with E-state index in [1.165, 1.54) is 22.3 Å². The Morgan fingerprint density at radius 1 is 0.786 bits per heavy atom. The van der Waals surface area contributed by atoms with E-state index in [-0.39, 0.29) is 17.9 Å². The molecule has 56 heavy (non-hydrogen) atoms. The van der Waals surface area contributed by atoms with Crippen molar-refractivity contribution in [3.63, 3.8) is 0 Å². The number of aryl methyl sites for hydroxylation is 1. The molecule has 0 spiro atoms. The third-order valence-corrected chi connectivity index (χ3v) is 11.7. The van der Waals surface area contributed by atoms with E-state index in [4.69, 9.17) is 24.7 Å². The number of allylic oxidation sites excluding steroid dienone is 5. The Hall–Kier alpha value is -6.86. The molecule has 4 aromatic carbocycles. The number of rotatable bonds is 5. The van der Waals surface area contributed by atoms with E-state index >= 15 is 0 Å². The minimum atomic E-state index is -0.414. The van der Waals surface area contributed by atoms with E-state index in [9.17, 15) is 0 Å². The van der Waals surface area contributed by atoms with Gasteiger partial charge in [0.15, 0.2) is 5.65 Å². The molecule has 4 unspecified atom stereocenters. The Morgan fingerprint density at radius 2 is 1.55 bits per heavy atom. The van der Waals surface area contributed by atoms with Crippen molar-refractivity contribution in [2.45, 2.75) is 37.3 Å². The standard InChI is InChI=1S/C49H38N6O/c1-49-29-13-12-20-41(49)38-28-27-36(30-44(38)56-49)54(35-16-6-3-7-17-35)47-50-31-40-37-18-9-11-22-43(37)55(46(40)53-47)48-51-42-21-10-8-19-39(42)45(52-48)34-25-23-33(24-26-34)32-14-4-2-5-15-32/h2-8,10-17,19-31,39,41-42H,9,18H2,1H3. The van der Waals surface area contributed by atoms with Crippen LogP contribution in [-0.2, 0) is 6.42 Å². The maximum Gasteiger partial charge on any atom is 0.236 e. The zero-order valence-corrected chi connectivity index (χ0v) is 30.9. The molecule has 0 N–H and O–H groups in total. The van der Waals surface area contributed by atoms with E-state index in [1.807, 2.05) is 30.5 Å². The van der Waals surface area contributed by atoms with E-state index < -0.39 is 5.60 Å². The Labute approximate surface area is 325 Å². The van der Waals surface area contributed by atoms with Gasteiger partial charge < -0.3 is 4.74 Å². The molecule has 4 heterocycles. The van der Waals surface area contributed by atoms with Crippen molar-refractivity contribution in [2.75, 3.05) is 4.90 Å². The van der Waals surface area contributed by atoms with Gasteiger partial charge in [-0.1, -0.05) is 127 Å². The Kier molecular flexibility index (Phi) is 7.49. The van der Waals surface area contributed by atoms with Gasteiger partial charge in [-0.2, -0.15) is 4.98 Å². The van der Waals surface area contributed by atoms with Crippen LogP contribution in [0.1, 0.15) is 41.6 Å². The molecular formula is C49H38N6O. The third kappa shape index (κ3) is 5.26. The Bertz CT molecular complexity index is 2750. The van der Waals surface area contributed by atoms with Crippen LogP contribution in [0.15, 0.2) is 174 Å². The van der Waals surface area contributed by atoms with Gasteiger partial charge in [0, 0.05) is 40.7 Å². The van der Waals surface area contributed by atoms with Crippen LogP contribution < -0.4 is 9.64 Å². The second kappa shape index (κ2) is 12.9. The molecule has 11 rings (SSSR count). The highest BCUT2D eigenvalue weighted by molar-refractivity contribution is 6.13. The van der Waals surface area contributed by atoms with Gasteiger partial charge in [0.05, 0.1) is 23.1 Å². The first-order valence-electron chi connectivity index (χ1n) is 19.4. The van der Waals surface area contributed by atoms with Crippen molar-refractivity contribution < 1.29 is 4.74 Å². The number of hydrogen-bond donors (Lipinski definition) is 0. The molecule has 0 saturated heterocycles. The fraction of sp³-hybridized carbons (Fsp3) is 0.143. The molecule has 2 aliphatic heterocycles. The quantitative estimate of drug-likeness (QED) is 0.177. The molecule has 4 atom stereocenters. The van der Waals surface area contributed by atoms with Crippen molar-refractivity contribution in [1.29, 1.82) is 0 Å². The van der Waals surface area contributed by atoms with Crippen LogP contribution >= 0.6 is 0 Å². The van der Waals surface area contributed by atoms with Crippen molar-refractivity contribution in [2.24, 2.45) is 15.9 Å². The highest BCUT2D eigenvalue weighted by atomic mass is 16.5. The van der Waals surface area contributed by atoms with Crippen LogP contribution in [0.3, 0.4) is 0 Å². The first kappa shape index (κ1) is 32.6. The molecule has 0 amide bonds. The maximum atomic E-state index is 6.65. The van der Waals surface area contributed by atoms with Gasteiger partial charge in [-0.05, 0) is 72.4 Å². The normalized spacial score (nSPS) is 22.5. The topological polar surface area (TPSA) is 67.9 Å². The predicted octanol–water partition coefficient (Wildman–Crippen LogP) is 10.7. The summed E-state index contributed by atoms with van der Waals surface area (Å²) in [6, 6.07) is 35.9. The minimum Gasteiger partial charge on any atom is -0.482 e. The summed E-state index contributed by atoms with van der Waals surface area (Å²) in [4.78, 5) is 23.4. The van der Waals surface area contributed by atoms with Gasteiger partial charge in [-0.25, -0.2) is 15.0 Å². The number of fused-ring (bicyclic) bond motifs is 7. The number of ether oxygens (including phenoxy) is 1. The second-order valence-electron chi connectivity index (χ2n) is 15.1. The van der Waals surface area contributed by atoms with Gasteiger partial charge in [-0.3, -0.25) is 9.47 Å². The predicted molar refractivity (Wildman–Crippen MR) is 226 cm³/mol. The maximum absolute atomic E-state index is 6.65. The zero-order chi connectivity index (χ0) is 37.2. The molecule has 7 nitrogen and oxygen atoms in total. The van der Waals surface area contributed by atoms with Crippen LogP contribution in [-0.4, -0.2) is 37.8 Å². The molecular weight excluding hydrogens is 689 g/mol. The van der Waals surface area contributed by atoms with Gasteiger partial charge in [0.2, 0.25) is 11.9 Å². The van der Waals surface area contributed by atoms with E-state index in [0.717, 1.165) is 58.0 Å². The summed E-state index contributed by atoms with van der Waals surface area (Å²) < 4.78 is 8.80. The smallest absolute Gasteiger partial charge is 0.236 e. The van der Waals surface area contributed by atoms with Crippen molar-refractivity contribution >= 4 is 46.1 Å². The minimum absolute atomic E-state index is 0.0253. The van der Waals surface area contributed by atoms with Gasteiger partial charge >= 0.3 is 0 Å². The van der Waals surface area contributed by atoms with E-state index in [2.05, 4.69) is 156 Å². The number of aliphatic imine (C=N–C) groups is 2. The number of hydrogen-bond acceptors (Lipinski definition) is 6. The molecule has 2 aromatic heterocycles. The lowest BCUT2D eigenvalue weighted by Gasteiger charge is -2.28. The van der Waals surface area contributed by atoms with Crippen molar-refractivity contribution in [3.8, 4) is 16.9 Å². The molecule has 5 aliphatic rings. The van der Waals surface area contributed by atoms with Crippen LogP contribution in [0, 0.1) is 5.92 Å². The fourth-order valence-corrected chi connectivity index (χ4v) is 8.88. The monoisotopic (exact) mass is 726 g/mol. The largest absolute Gasteiger partial charge is 0.482 e. The number of aromatic nitrogens is 3. The van der Waals surface area contributed by atoms with Crippen LogP contribution in [0.25, 0.3) is 28.2 Å². The van der Waals surface area contributed by atoms with E-state index in [0.29, 0.717) is 11.9 Å². The van der Waals surface area contributed by atoms with Crippen LogP contribution in [0.5, 0.6) is 5.75 Å². The molecule has 0 saturated carbocycles. The average Bonchev–Trinajstić information content (AvgIpc) is 3.75. The molecule has 0 bridgehead atoms. The first-order chi connectivity index (χ1) is 27.6. The lowest BCUT2D eigenvalue weighted by Crippen LogP contribution is -2.34. The Morgan fingerprint density at radius 3 is 2.41 bits per heavy atom. The highest BCUT2D eigenvalue weighted by Crippen LogP contribution is 2.50. The number of nitrogens with zero attached hydrogens (tertiary/aromatic N) is 6. The summed E-state index contributed by atoms with van der Waals surface area (Å²) in [5.74, 6) is 2.24.